The largest absolute Gasteiger partial charge is 0.433 e. The van der Waals surface area contributed by atoms with Crippen LogP contribution in [0.25, 0.3) is 0 Å². The molecule has 1 amide bonds. The van der Waals surface area contributed by atoms with E-state index >= 15 is 0 Å². The van der Waals surface area contributed by atoms with Crippen LogP contribution in [0.3, 0.4) is 0 Å². The predicted octanol–water partition coefficient (Wildman–Crippen LogP) is 1.65. The summed E-state index contributed by atoms with van der Waals surface area (Å²) in [6.45, 7) is -3.08. The molecule has 0 spiro atoms. The Bertz CT molecular complexity index is 477. The van der Waals surface area contributed by atoms with Crippen LogP contribution in [0.1, 0.15) is 12.0 Å². The molecule has 0 heterocycles. The van der Waals surface area contributed by atoms with E-state index in [-0.39, 0.29) is 17.7 Å². The standard InChI is InChI=1S/C11H8F3NO2/c12-8-4-2-5-9(17-11(13)14)7(8)3-1-6-10(15)16/h2,4-5,11H,6H2,(H2,15,16). The Morgan fingerprint density at radius 2 is 2.18 bits per heavy atom. The third-order valence-corrected chi connectivity index (χ3v) is 1.67. The zero-order valence-electron chi connectivity index (χ0n) is 8.54. The van der Waals surface area contributed by atoms with E-state index in [1.165, 1.54) is 6.07 Å². The van der Waals surface area contributed by atoms with Gasteiger partial charge in [-0.15, -0.1) is 0 Å². The van der Waals surface area contributed by atoms with Gasteiger partial charge in [-0.2, -0.15) is 8.78 Å². The average Bonchev–Trinajstić information content (AvgIpc) is 2.21. The summed E-state index contributed by atoms with van der Waals surface area (Å²) >= 11 is 0. The van der Waals surface area contributed by atoms with Crippen LogP contribution in [0, 0.1) is 17.7 Å². The fourth-order valence-corrected chi connectivity index (χ4v) is 1.04. The topological polar surface area (TPSA) is 52.3 Å². The zero-order chi connectivity index (χ0) is 12.8. The zero-order valence-corrected chi connectivity index (χ0v) is 8.54. The molecule has 0 unspecified atom stereocenters. The second-order valence-corrected chi connectivity index (χ2v) is 2.94. The number of carbonyl (C=O) groups excluding carboxylic acids is 1. The molecular formula is C11H8F3NO2. The van der Waals surface area contributed by atoms with Gasteiger partial charge in [0.25, 0.3) is 0 Å². The lowest BCUT2D eigenvalue weighted by molar-refractivity contribution is -0.117. The van der Waals surface area contributed by atoms with Gasteiger partial charge in [-0.1, -0.05) is 17.9 Å². The van der Waals surface area contributed by atoms with Crippen LogP contribution in [0.15, 0.2) is 18.2 Å². The van der Waals surface area contributed by atoms with E-state index < -0.39 is 18.3 Å². The Balaban J connectivity index is 3.01. The first-order chi connectivity index (χ1) is 8.00. The molecule has 1 aromatic rings. The van der Waals surface area contributed by atoms with Crippen LogP contribution >= 0.6 is 0 Å². The summed E-state index contributed by atoms with van der Waals surface area (Å²) in [5.41, 5.74) is 4.50. The highest BCUT2D eigenvalue weighted by Gasteiger charge is 2.11. The minimum atomic E-state index is -3.08. The van der Waals surface area contributed by atoms with E-state index in [0.717, 1.165) is 12.1 Å². The van der Waals surface area contributed by atoms with E-state index in [1.54, 1.807) is 0 Å². The quantitative estimate of drug-likeness (QED) is 0.821. The molecule has 3 nitrogen and oxygen atoms in total. The molecular weight excluding hydrogens is 235 g/mol. The number of ether oxygens (including phenoxy) is 1. The molecule has 0 bridgehead atoms. The van der Waals surface area contributed by atoms with Gasteiger partial charge in [-0.25, -0.2) is 4.39 Å². The lowest BCUT2D eigenvalue weighted by Gasteiger charge is -2.06. The van der Waals surface area contributed by atoms with Crippen LogP contribution in [-0.4, -0.2) is 12.5 Å². The Hall–Kier alpha value is -2.16. The highest BCUT2D eigenvalue weighted by atomic mass is 19.3. The summed E-state index contributed by atoms with van der Waals surface area (Å²) in [4.78, 5) is 10.4. The predicted molar refractivity (Wildman–Crippen MR) is 53.7 cm³/mol. The molecule has 0 aromatic heterocycles. The second kappa shape index (κ2) is 5.80. The molecule has 0 aliphatic rings. The maximum atomic E-state index is 13.3. The fourth-order valence-electron chi connectivity index (χ4n) is 1.04. The minimum Gasteiger partial charge on any atom is -0.433 e. The fraction of sp³-hybridized carbons (Fsp3) is 0.182. The number of amides is 1. The van der Waals surface area contributed by atoms with Crippen LogP contribution in [0.5, 0.6) is 5.75 Å². The number of primary amides is 1. The number of benzene rings is 1. The number of nitrogens with two attached hydrogens (primary N) is 1. The molecule has 1 rings (SSSR count). The number of rotatable bonds is 3. The van der Waals surface area contributed by atoms with Crippen molar-refractivity contribution in [1.82, 2.24) is 0 Å². The van der Waals surface area contributed by atoms with E-state index in [1.807, 2.05) is 0 Å². The molecule has 17 heavy (non-hydrogen) atoms. The van der Waals surface area contributed by atoms with Crippen molar-refractivity contribution in [2.45, 2.75) is 13.0 Å². The van der Waals surface area contributed by atoms with Crippen LogP contribution in [0.2, 0.25) is 0 Å². The summed E-state index contributed by atoms with van der Waals surface area (Å²) < 4.78 is 41.4. The van der Waals surface area contributed by atoms with E-state index in [2.05, 4.69) is 16.6 Å². The van der Waals surface area contributed by atoms with Crippen molar-refractivity contribution in [2.75, 3.05) is 0 Å². The number of carbonyl (C=O) groups is 1. The van der Waals surface area contributed by atoms with Gasteiger partial charge < -0.3 is 10.5 Å². The van der Waals surface area contributed by atoms with Gasteiger partial charge in [0.2, 0.25) is 5.91 Å². The highest BCUT2D eigenvalue weighted by molar-refractivity contribution is 5.76. The highest BCUT2D eigenvalue weighted by Crippen LogP contribution is 2.22. The maximum absolute atomic E-state index is 13.3. The summed E-state index contributed by atoms with van der Waals surface area (Å²) in [7, 11) is 0. The van der Waals surface area contributed by atoms with Crippen LogP contribution < -0.4 is 10.5 Å². The van der Waals surface area contributed by atoms with Gasteiger partial charge in [0.15, 0.2) is 0 Å². The molecule has 0 saturated heterocycles. The normalized spacial score (nSPS) is 9.65. The molecule has 6 heteroatoms. The van der Waals surface area contributed by atoms with Crippen molar-refractivity contribution < 1.29 is 22.7 Å². The number of hydrogen-bond acceptors (Lipinski definition) is 2. The molecule has 0 fully saturated rings. The lowest BCUT2D eigenvalue weighted by Crippen LogP contribution is -2.08. The summed E-state index contributed by atoms with van der Waals surface area (Å²) in [5, 5.41) is 0. The van der Waals surface area contributed by atoms with Gasteiger partial charge in [-0.3, -0.25) is 4.79 Å². The monoisotopic (exact) mass is 243 g/mol. The SMILES string of the molecule is NC(=O)CC#Cc1c(F)cccc1OC(F)F. The number of halogens is 3. The van der Waals surface area contributed by atoms with Crippen LogP contribution in [-0.2, 0) is 4.79 Å². The van der Waals surface area contributed by atoms with Crippen molar-refractivity contribution in [3.05, 3.63) is 29.6 Å². The molecule has 0 atom stereocenters. The first-order valence-electron chi connectivity index (χ1n) is 4.51. The minimum absolute atomic E-state index is 0.289. The van der Waals surface area contributed by atoms with Gasteiger partial charge in [-0.05, 0) is 12.1 Å². The van der Waals surface area contributed by atoms with E-state index in [4.69, 9.17) is 5.73 Å². The van der Waals surface area contributed by atoms with Gasteiger partial charge in [0, 0.05) is 0 Å². The second-order valence-electron chi connectivity index (χ2n) is 2.94. The van der Waals surface area contributed by atoms with E-state index in [9.17, 15) is 18.0 Å². The maximum Gasteiger partial charge on any atom is 0.387 e. The van der Waals surface area contributed by atoms with Gasteiger partial charge in [0.1, 0.15) is 17.1 Å². The Morgan fingerprint density at radius 1 is 1.47 bits per heavy atom. The third kappa shape index (κ3) is 4.07. The van der Waals surface area contributed by atoms with Crippen molar-refractivity contribution >= 4 is 5.91 Å². The molecule has 90 valence electrons. The Labute approximate surface area is 95.4 Å². The molecule has 0 radical (unpaired) electrons. The smallest absolute Gasteiger partial charge is 0.387 e. The summed E-state index contributed by atoms with van der Waals surface area (Å²) in [6.07, 6.45) is -0.289. The Morgan fingerprint density at radius 3 is 2.76 bits per heavy atom. The molecule has 0 aliphatic heterocycles. The first kappa shape index (κ1) is 12.9. The van der Waals surface area contributed by atoms with Gasteiger partial charge in [0.05, 0.1) is 6.42 Å². The number of hydrogen-bond donors (Lipinski definition) is 1. The molecule has 1 aromatic carbocycles. The van der Waals surface area contributed by atoms with Gasteiger partial charge >= 0.3 is 6.61 Å². The molecule has 0 saturated carbocycles. The van der Waals surface area contributed by atoms with E-state index in [0.29, 0.717) is 0 Å². The Kier molecular flexibility index (Phi) is 4.40. The summed E-state index contributed by atoms with van der Waals surface area (Å²) in [5.74, 6) is 2.63. The first-order valence-corrected chi connectivity index (χ1v) is 4.51. The third-order valence-electron chi connectivity index (χ3n) is 1.67. The number of alkyl halides is 2. The van der Waals surface area contributed by atoms with Crippen molar-refractivity contribution in [3.63, 3.8) is 0 Å². The summed E-state index contributed by atoms with van der Waals surface area (Å²) in [6, 6.07) is 3.42. The molecule has 2 N–H and O–H groups in total. The van der Waals surface area contributed by atoms with Crippen molar-refractivity contribution in [3.8, 4) is 17.6 Å². The van der Waals surface area contributed by atoms with Crippen molar-refractivity contribution in [1.29, 1.82) is 0 Å². The van der Waals surface area contributed by atoms with Crippen molar-refractivity contribution in [2.24, 2.45) is 5.73 Å². The average molecular weight is 243 g/mol. The molecule has 0 aliphatic carbocycles. The lowest BCUT2D eigenvalue weighted by atomic mass is 10.2. The van der Waals surface area contributed by atoms with Crippen LogP contribution in [0.4, 0.5) is 13.2 Å².